The Morgan fingerprint density at radius 1 is 1.04 bits per heavy atom. The van der Waals surface area contributed by atoms with Crippen molar-refractivity contribution in [2.45, 2.75) is 12.8 Å². The highest BCUT2D eigenvalue weighted by Gasteiger charge is 2.52. The summed E-state index contributed by atoms with van der Waals surface area (Å²) in [6, 6.07) is 7.16. The molecule has 6 nitrogen and oxygen atoms in total. The zero-order valence-electron chi connectivity index (χ0n) is 13.3. The summed E-state index contributed by atoms with van der Waals surface area (Å²) in [7, 11) is 0. The summed E-state index contributed by atoms with van der Waals surface area (Å²) >= 11 is 0. The van der Waals surface area contributed by atoms with Crippen LogP contribution < -0.4 is 4.90 Å². The number of amides is 2. The van der Waals surface area contributed by atoms with Gasteiger partial charge in [0.1, 0.15) is 0 Å². The first kappa shape index (κ1) is 14.8. The molecule has 0 aromatic carbocycles. The zero-order chi connectivity index (χ0) is 16.6. The average Bonchev–Trinajstić information content (AvgIpc) is 3.21. The average molecular weight is 322 g/mol. The van der Waals surface area contributed by atoms with Crippen LogP contribution in [0.25, 0.3) is 0 Å². The second-order valence-corrected chi connectivity index (χ2v) is 6.41. The van der Waals surface area contributed by atoms with Crippen molar-refractivity contribution >= 4 is 17.5 Å². The maximum atomic E-state index is 13.0. The minimum Gasteiger partial charge on any atom is -0.338 e. The zero-order valence-corrected chi connectivity index (χ0v) is 13.3. The lowest BCUT2D eigenvalue weighted by atomic mass is 9.85. The first-order valence-corrected chi connectivity index (χ1v) is 8.11. The van der Waals surface area contributed by atoms with E-state index in [9.17, 15) is 9.59 Å². The molecular weight excluding hydrogens is 304 g/mol. The molecular formula is C18H18N4O2. The maximum absolute atomic E-state index is 13.0. The van der Waals surface area contributed by atoms with Crippen LogP contribution in [0, 0.1) is 5.41 Å². The van der Waals surface area contributed by atoms with Gasteiger partial charge in [-0.25, -0.2) is 0 Å². The van der Waals surface area contributed by atoms with Crippen LogP contribution >= 0.6 is 0 Å². The number of rotatable bonds is 2. The minimum absolute atomic E-state index is 0.0260. The van der Waals surface area contributed by atoms with Gasteiger partial charge in [0.05, 0.1) is 17.3 Å². The summed E-state index contributed by atoms with van der Waals surface area (Å²) in [5.41, 5.74) is 1.01. The number of pyridine rings is 2. The van der Waals surface area contributed by atoms with Crippen LogP contribution in [0.5, 0.6) is 0 Å². The van der Waals surface area contributed by atoms with Gasteiger partial charge in [-0.2, -0.15) is 0 Å². The molecule has 6 heteroatoms. The summed E-state index contributed by atoms with van der Waals surface area (Å²) in [6.45, 7) is 1.79. The molecule has 4 heterocycles. The third kappa shape index (κ3) is 2.35. The number of aromatic nitrogens is 2. The van der Waals surface area contributed by atoms with E-state index in [2.05, 4.69) is 9.97 Å². The van der Waals surface area contributed by atoms with Crippen LogP contribution in [0.15, 0.2) is 49.1 Å². The SMILES string of the molecule is O=C(c1ccncc1)N1CC[C@@]2(CCN(c3cccnc3)C2=O)C1. The molecule has 2 amide bonds. The number of hydrogen-bond acceptors (Lipinski definition) is 4. The van der Waals surface area contributed by atoms with Gasteiger partial charge in [0.25, 0.3) is 5.91 Å². The minimum atomic E-state index is -0.446. The molecule has 2 fully saturated rings. The van der Waals surface area contributed by atoms with Gasteiger partial charge in [-0.15, -0.1) is 0 Å². The Bertz CT molecular complexity index is 765. The van der Waals surface area contributed by atoms with Crippen molar-refractivity contribution in [3.05, 3.63) is 54.6 Å². The van der Waals surface area contributed by atoms with Crippen LogP contribution in [0.4, 0.5) is 5.69 Å². The standard InChI is InChI=1S/C18H18N4O2/c23-16(14-3-8-19-9-4-14)21-10-5-18(13-21)6-11-22(17(18)24)15-2-1-7-20-12-15/h1-4,7-9,12H,5-6,10-11,13H2/t18-/m1/s1. The van der Waals surface area contributed by atoms with Gasteiger partial charge in [0.2, 0.25) is 5.91 Å². The summed E-state index contributed by atoms with van der Waals surface area (Å²) in [6.07, 6.45) is 8.14. The normalized spacial score (nSPS) is 23.2. The van der Waals surface area contributed by atoms with E-state index in [1.165, 1.54) is 0 Å². The molecule has 2 saturated heterocycles. The Balaban J connectivity index is 1.52. The Hall–Kier alpha value is -2.76. The quantitative estimate of drug-likeness (QED) is 0.845. The van der Waals surface area contributed by atoms with Crippen LogP contribution in [0.1, 0.15) is 23.2 Å². The highest BCUT2D eigenvalue weighted by Crippen LogP contribution is 2.42. The lowest BCUT2D eigenvalue weighted by Gasteiger charge is -2.23. The molecule has 2 aromatic heterocycles. The molecule has 1 atom stereocenters. The van der Waals surface area contributed by atoms with E-state index in [0.717, 1.165) is 18.5 Å². The molecule has 0 unspecified atom stereocenters. The predicted octanol–water partition coefficient (Wildman–Crippen LogP) is 1.75. The van der Waals surface area contributed by atoms with Crippen molar-refractivity contribution < 1.29 is 9.59 Å². The van der Waals surface area contributed by atoms with Crippen molar-refractivity contribution in [2.75, 3.05) is 24.5 Å². The summed E-state index contributed by atoms with van der Waals surface area (Å²) in [5, 5.41) is 0. The molecule has 0 radical (unpaired) electrons. The van der Waals surface area contributed by atoms with E-state index < -0.39 is 5.41 Å². The molecule has 0 saturated carbocycles. The fourth-order valence-corrected chi connectivity index (χ4v) is 3.68. The number of hydrogen-bond donors (Lipinski definition) is 0. The van der Waals surface area contributed by atoms with Crippen molar-refractivity contribution in [3.8, 4) is 0 Å². The van der Waals surface area contributed by atoms with Crippen molar-refractivity contribution in [3.63, 3.8) is 0 Å². The molecule has 2 aliphatic heterocycles. The van der Waals surface area contributed by atoms with Crippen LogP contribution in [-0.4, -0.2) is 46.3 Å². The Labute approximate surface area is 140 Å². The molecule has 0 N–H and O–H groups in total. The van der Waals surface area contributed by atoms with Gasteiger partial charge < -0.3 is 9.80 Å². The molecule has 24 heavy (non-hydrogen) atoms. The topological polar surface area (TPSA) is 66.4 Å². The third-order valence-corrected chi connectivity index (χ3v) is 5.04. The largest absolute Gasteiger partial charge is 0.338 e. The number of carbonyl (C=O) groups excluding carboxylic acids is 2. The van der Waals surface area contributed by atoms with Crippen LogP contribution in [0.3, 0.4) is 0 Å². The molecule has 1 spiro atoms. The molecule has 4 rings (SSSR count). The fraction of sp³-hybridized carbons (Fsp3) is 0.333. The molecule has 122 valence electrons. The van der Waals surface area contributed by atoms with E-state index in [0.29, 0.717) is 25.2 Å². The summed E-state index contributed by atoms with van der Waals surface area (Å²) < 4.78 is 0. The van der Waals surface area contributed by atoms with Crippen LogP contribution in [0.2, 0.25) is 0 Å². The Morgan fingerprint density at radius 2 is 1.83 bits per heavy atom. The van der Waals surface area contributed by atoms with Gasteiger partial charge in [-0.1, -0.05) is 0 Å². The van der Waals surface area contributed by atoms with Crippen molar-refractivity contribution in [1.29, 1.82) is 0 Å². The maximum Gasteiger partial charge on any atom is 0.253 e. The fourth-order valence-electron chi connectivity index (χ4n) is 3.68. The van der Waals surface area contributed by atoms with Gasteiger partial charge >= 0.3 is 0 Å². The van der Waals surface area contributed by atoms with Crippen LogP contribution in [-0.2, 0) is 4.79 Å². The third-order valence-electron chi connectivity index (χ3n) is 5.04. The highest BCUT2D eigenvalue weighted by atomic mass is 16.2. The highest BCUT2D eigenvalue weighted by molar-refractivity contribution is 6.01. The smallest absolute Gasteiger partial charge is 0.253 e. The summed E-state index contributed by atoms with van der Waals surface area (Å²) in [5.74, 6) is 0.0856. The van der Waals surface area contributed by atoms with Gasteiger partial charge in [-0.05, 0) is 37.1 Å². The Morgan fingerprint density at radius 3 is 2.58 bits per heavy atom. The van der Waals surface area contributed by atoms with Gasteiger partial charge in [-0.3, -0.25) is 19.6 Å². The number of anilines is 1. The predicted molar refractivity (Wildman–Crippen MR) is 88.4 cm³/mol. The van der Waals surface area contributed by atoms with Crippen molar-refractivity contribution in [1.82, 2.24) is 14.9 Å². The second kappa shape index (κ2) is 5.70. The monoisotopic (exact) mass is 322 g/mol. The lowest BCUT2D eigenvalue weighted by Crippen LogP contribution is -2.38. The first-order chi connectivity index (χ1) is 11.7. The van der Waals surface area contributed by atoms with Gasteiger partial charge in [0, 0.05) is 43.8 Å². The molecule has 0 aliphatic carbocycles. The van der Waals surface area contributed by atoms with E-state index in [-0.39, 0.29) is 11.8 Å². The van der Waals surface area contributed by atoms with E-state index in [1.54, 1.807) is 46.7 Å². The first-order valence-electron chi connectivity index (χ1n) is 8.11. The number of likely N-dealkylation sites (tertiary alicyclic amines) is 1. The van der Waals surface area contributed by atoms with E-state index in [1.807, 2.05) is 12.1 Å². The lowest BCUT2D eigenvalue weighted by molar-refractivity contribution is -0.124. The molecule has 0 bridgehead atoms. The molecule has 2 aromatic rings. The summed E-state index contributed by atoms with van der Waals surface area (Å²) in [4.78, 5) is 37.2. The Kier molecular flexibility index (Phi) is 3.52. The molecule has 2 aliphatic rings. The van der Waals surface area contributed by atoms with E-state index >= 15 is 0 Å². The van der Waals surface area contributed by atoms with Crippen molar-refractivity contribution in [2.24, 2.45) is 5.41 Å². The second-order valence-electron chi connectivity index (χ2n) is 6.41. The number of carbonyl (C=O) groups is 2. The number of nitrogens with zero attached hydrogens (tertiary/aromatic N) is 4. The van der Waals surface area contributed by atoms with Gasteiger partial charge in [0.15, 0.2) is 0 Å². The van der Waals surface area contributed by atoms with E-state index in [4.69, 9.17) is 0 Å².